The minimum Gasteiger partial charge on any atom is -0.106 e. The Bertz CT molecular complexity index is 77.7. The van der Waals surface area contributed by atoms with Gasteiger partial charge >= 0.3 is 0 Å². The zero-order valence-corrected chi connectivity index (χ0v) is 14.4. The lowest BCUT2D eigenvalue weighted by atomic mass is 11.0. The van der Waals surface area contributed by atoms with Crippen LogP contribution in [-0.2, 0) is 0 Å². The zero-order chi connectivity index (χ0) is 7.71. The monoisotopic (exact) mass is 594 g/mol. The van der Waals surface area contributed by atoms with E-state index >= 15 is 0 Å². The first-order valence-electron chi connectivity index (χ1n) is 2.16. The maximum absolute atomic E-state index is 2.44. The molecule has 0 rings (SSSR count). The average molecular weight is 594 g/mol. The quantitative estimate of drug-likeness (QED) is 0.327. The van der Waals surface area contributed by atoms with Crippen LogP contribution in [-0.4, -0.2) is 1.52 Å². The van der Waals surface area contributed by atoms with Gasteiger partial charge in [-0.15, -0.1) is 11.8 Å². The SMILES string of the molecule is CC(I)(I)SC(C)(I)I. The van der Waals surface area contributed by atoms with E-state index in [1.165, 1.54) is 0 Å². The van der Waals surface area contributed by atoms with Gasteiger partial charge in [-0.25, -0.2) is 0 Å². The number of alkyl halides is 4. The van der Waals surface area contributed by atoms with Crippen LogP contribution in [0.3, 0.4) is 0 Å². The lowest BCUT2D eigenvalue weighted by Crippen LogP contribution is -2.07. The van der Waals surface area contributed by atoms with E-state index < -0.39 is 0 Å². The van der Waals surface area contributed by atoms with Gasteiger partial charge in [0, 0.05) is 0 Å². The highest BCUT2D eigenvalue weighted by molar-refractivity contribution is 14.2. The van der Waals surface area contributed by atoms with Crippen LogP contribution in [0.1, 0.15) is 13.8 Å². The van der Waals surface area contributed by atoms with Gasteiger partial charge in [-0.2, -0.15) is 0 Å². The second-order valence-corrected chi connectivity index (χ2v) is 19.2. The lowest BCUT2D eigenvalue weighted by Gasteiger charge is -2.21. The smallest absolute Gasteiger partial charge is 0.106 e. The summed E-state index contributed by atoms with van der Waals surface area (Å²) in [6.45, 7) is 4.43. The molecule has 0 bridgehead atoms. The molecule has 0 N–H and O–H groups in total. The van der Waals surface area contributed by atoms with E-state index in [-0.39, 0.29) is 0 Å². The van der Waals surface area contributed by atoms with Crippen LogP contribution >= 0.6 is 102 Å². The molecule has 0 spiro atoms. The molecular formula is C4H6I4S. The van der Waals surface area contributed by atoms with Gasteiger partial charge in [-0.1, -0.05) is 90.4 Å². The van der Waals surface area contributed by atoms with Crippen molar-refractivity contribution in [2.24, 2.45) is 0 Å². The maximum Gasteiger partial charge on any atom is 0.117 e. The molecule has 0 radical (unpaired) electrons. The Morgan fingerprint density at radius 2 is 1.11 bits per heavy atom. The van der Waals surface area contributed by atoms with E-state index in [0.29, 0.717) is 1.52 Å². The highest BCUT2D eigenvalue weighted by Crippen LogP contribution is 2.52. The van der Waals surface area contributed by atoms with Crippen molar-refractivity contribution in [2.45, 2.75) is 15.4 Å². The summed E-state index contributed by atoms with van der Waals surface area (Å²) < 4.78 is 0.652. The predicted molar refractivity (Wildman–Crippen MR) is 80.5 cm³/mol. The number of hydrogen-bond acceptors (Lipinski definition) is 1. The standard InChI is InChI=1S/C4H6I4S/c1-3(5,6)9-4(2,7)8/h1-2H3. The largest absolute Gasteiger partial charge is 0.117 e. The highest BCUT2D eigenvalue weighted by Gasteiger charge is 2.27. The van der Waals surface area contributed by atoms with Crippen LogP contribution in [0.25, 0.3) is 0 Å². The number of thioether (sulfide) groups is 1. The van der Waals surface area contributed by atoms with Gasteiger partial charge in [0.2, 0.25) is 0 Å². The van der Waals surface area contributed by atoms with Gasteiger partial charge in [-0.3, -0.25) is 0 Å². The van der Waals surface area contributed by atoms with E-state index in [4.69, 9.17) is 0 Å². The van der Waals surface area contributed by atoms with Crippen LogP contribution in [0.4, 0.5) is 0 Å². The third-order valence-electron chi connectivity index (χ3n) is 0.358. The molecule has 0 nitrogen and oxygen atoms in total. The molecular weight excluding hydrogens is 588 g/mol. The summed E-state index contributed by atoms with van der Waals surface area (Å²) >= 11 is 11.7. The summed E-state index contributed by atoms with van der Waals surface area (Å²) in [6.07, 6.45) is 0. The van der Waals surface area contributed by atoms with Crippen LogP contribution in [0.2, 0.25) is 0 Å². The number of rotatable bonds is 2. The third-order valence-corrected chi connectivity index (χ3v) is 3.72. The molecule has 0 aromatic heterocycles. The maximum atomic E-state index is 2.44. The van der Waals surface area contributed by atoms with Gasteiger partial charge < -0.3 is 0 Å². The minimum atomic E-state index is 0.326. The Morgan fingerprint density at radius 3 is 1.11 bits per heavy atom. The molecule has 0 saturated carbocycles. The van der Waals surface area contributed by atoms with Gasteiger partial charge in [0.15, 0.2) is 0 Å². The lowest BCUT2D eigenvalue weighted by molar-refractivity contribution is 1.37. The van der Waals surface area contributed by atoms with Crippen molar-refractivity contribution in [3.05, 3.63) is 0 Å². The van der Waals surface area contributed by atoms with Crippen molar-refractivity contribution >= 4 is 102 Å². The van der Waals surface area contributed by atoms with Gasteiger partial charge in [0.05, 0.1) is 0 Å². The van der Waals surface area contributed by atoms with Gasteiger partial charge in [0.25, 0.3) is 0 Å². The number of hydrogen-bond donors (Lipinski definition) is 0. The Morgan fingerprint density at radius 1 is 0.889 bits per heavy atom. The first-order valence-corrected chi connectivity index (χ1v) is 7.30. The summed E-state index contributed by atoms with van der Waals surface area (Å²) in [5.74, 6) is 0. The molecule has 0 aromatic rings. The van der Waals surface area contributed by atoms with E-state index in [0.717, 1.165) is 0 Å². The van der Waals surface area contributed by atoms with Crippen LogP contribution < -0.4 is 0 Å². The average Bonchev–Trinajstić information content (AvgIpc) is 1.14. The third kappa shape index (κ3) is 11.3. The van der Waals surface area contributed by atoms with Gasteiger partial charge in [-0.05, 0) is 13.8 Å². The second-order valence-electron chi connectivity index (χ2n) is 1.72. The first kappa shape index (κ1) is 12.3. The molecule has 0 aliphatic heterocycles. The molecule has 0 aliphatic rings. The summed E-state index contributed by atoms with van der Waals surface area (Å²) in [6, 6.07) is 0. The molecule has 0 saturated heterocycles. The summed E-state index contributed by atoms with van der Waals surface area (Å²) in [5.41, 5.74) is 0. The van der Waals surface area contributed by atoms with Crippen molar-refractivity contribution in [2.75, 3.05) is 0 Å². The molecule has 0 heterocycles. The topological polar surface area (TPSA) is 0 Å². The van der Waals surface area contributed by atoms with Crippen molar-refractivity contribution in [3.63, 3.8) is 0 Å². The molecule has 0 fully saturated rings. The highest BCUT2D eigenvalue weighted by atomic mass is 127. The van der Waals surface area contributed by atoms with E-state index in [1.807, 2.05) is 11.8 Å². The molecule has 0 atom stereocenters. The Labute approximate surface area is 115 Å². The van der Waals surface area contributed by atoms with E-state index in [9.17, 15) is 0 Å². The molecule has 5 heteroatoms. The van der Waals surface area contributed by atoms with E-state index in [1.54, 1.807) is 0 Å². The van der Waals surface area contributed by atoms with Crippen LogP contribution in [0, 0.1) is 0 Å². The molecule has 0 aromatic carbocycles. The van der Waals surface area contributed by atoms with Crippen molar-refractivity contribution < 1.29 is 0 Å². The molecule has 56 valence electrons. The fraction of sp³-hybridized carbons (Fsp3) is 1.00. The Balaban J connectivity index is 3.75. The predicted octanol–water partition coefficient (Wildman–Crippen LogP) is 4.81. The van der Waals surface area contributed by atoms with Crippen molar-refractivity contribution in [1.29, 1.82) is 0 Å². The summed E-state index contributed by atoms with van der Waals surface area (Å²) in [7, 11) is 0. The van der Waals surface area contributed by atoms with Gasteiger partial charge in [0.1, 0.15) is 1.52 Å². The fourth-order valence-electron chi connectivity index (χ4n) is 0.315. The first-order chi connectivity index (χ1) is 3.71. The fourth-order valence-corrected chi connectivity index (χ4v) is 11.3. The minimum absolute atomic E-state index is 0.326. The summed E-state index contributed by atoms with van der Waals surface area (Å²) in [4.78, 5) is 0. The molecule has 0 unspecified atom stereocenters. The second kappa shape index (κ2) is 4.49. The normalized spacial score (nSPS) is 14.0. The van der Waals surface area contributed by atoms with Crippen molar-refractivity contribution in [1.82, 2.24) is 0 Å². The zero-order valence-electron chi connectivity index (χ0n) is 4.92. The number of halogens is 4. The van der Waals surface area contributed by atoms with E-state index in [2.05, 4.69) is 104 Å². The summed E-state index contributed by atoms with van der Waals surface area (Å²) in [5, 5.41) is 0. The van der Waals surface area contributed by atoms with Crippen LogP contribution in [0.5, 0.6) is 0 Å². The Hall–Kier alpha value is 3.27. The molecule has 0 amide bonds. The Kier molecular flexibility index (Phi) is 6.12. The molecule has 0 aliphatic carbocycles. The van der Waals surface area contributed by atoms with Crippen LogP contribution in [0.15, 0.2) is 0 Å². The van der Waals surface area contributed by atoms with Crippen molar-refractivity contribution in [3.8, 4) is 0 Å². The molecule has 9 heavy (non-hydrogen) atoms.